The summed E-state index contributed by atoms with van der Waals surface area (Å²) in [6.07, 6.45) is 0. The Morgan fingerprint density at radius 1 is 1.09 bits per heavy atom. The Morgan fingerprint density at radius 3 is 2.55 bits per heavy atom. The predicted octanol–water partition coefficient (Wildman–Crippen LogP) is 4.42. The quantitative estimate of drug-likeness (QED) is 0.820. The molecule has 0 saturated carbocycles. The highest BCUT2D eigenvalue weighted by molar-refractivity contribution is 6.42. The van der Waals surface area contributed by atoms with Gasteiger partial charge in [-0.05, 0) is 43.7 Å². The Hall–Kier alpha value is -1.71. The summed E-state index contributed by atoms with van der Waals surface area (Å²) in [5.41, 5.74) is 2.74. The van der Waals surface area contributed by atoms with Crippen LogP contribution in [-0.2, 0) is 0 Å². The zero-order valence-electron chi connectivity index (χ0n) is 12.5. The lowest BCUT2D eigenvalue weighted by Crippen LogP contribution is -2.28. The van der Waals surface area contributed by atoms with Crippen LogP contribution in [0.2, 0.25) is 10.0 Å². The van der Waals surface area contributed by atoms with Gasteiger partial charge < -0.3 is 10.1 Å². The van der Waals surface area contributed by atoms with E-state index in [1.807, 2.05) is 26.0 Å². The Morgan fingerprint density at radius 2 is 1.86 bits per heavy atom. The van der Waals surface area contributed by atoms with Crippen molar-refractivity contribution < 1.29 is 9.53 Å². The molecule has 0 aliphatic heterocycles. The van der Waals surface area contributed by atoms with Crippen molar-refractivity contribution >= 4 is 29.1 Å². The van der Waals surface area contributed by atoms with E-state index in [1.54, 1.807) is 18.2 Å². The molecule has 1 N–H and O–H groups in total. The molecule has 0 aliphatic rings. The van der Waals surface area contributed by atoms with E-state index in [1.165, 1.54) is 5.56 Å². The van der Waals surface area contributed by atoms with E-state index < -0.39 is 0 Å². The maximum atomic E-state index is 12.0. The summed E-state index contributed by atoms with van der Waals surface area (Å²) in [7, 11) is 0. The number of rotatable bonds is 5. The molecule has 0 radical (unpaired) electrons. The van der Waals surface area contributed by atoms with Gasteiger partial charge in [-0.15, -0.1) is 0 Å². The SMILES string of the molecule is Cc1ccc(OCCNC(=O)c2ccc(Cl)c(Cl)c2)c(C)c1. The normalized spacial score (nSPS) is 10.4. The lowest BCUT2D eigenvalue weighted by molar-refractivity contribution is 0.0947. The molecule has 0 bridgehead atoms. The number of carbonyl (C=O) groups is 1. The maximum Gasteiger partial charge on any atom is 0.251 e. The van der Waals surface area contributed by atoms with Gasteiger partial charge in [0.05, 0.1) is 16.6 Å². The van der Waals surface area contributed by atoms with E-state index in [0.717, 1.165) is 11.3 Å². The van der Waals surface area contributed by atoms with Gasteiger partial charge >= 0.3 is 0 Å². The molecule has 116 valence electrons. The number of amides is 1. The first-order valence-corrected chi connectivity index (χ1v) is 7.66. The largest absolute Gasteiger partial charge is 0.491 e. The van der Waals surface area contributed by atoms with Crippen molar-refractivity contribution in [3.8, 4) is 5.75 Å². The van der Waals surface area contributed by atoms with Crippen molar-refractivity contribution in [2.75, 3.05) is 13.2 Å². The molecule has 0 saturated heterocycles. The molecule has 0 fully saturated rings. The molecular formula is C17H17Cl2NO2. The van der Waals surface area contributed by atoms with Crippen LogP contribution in [-0.4, -0.2) is 19.1 Å². The van der Waals surface area contributed by atoms with Crippen LogP contribution < -0.4 is 10.1 Å². The van der Waals surface area contributed by atoms with E-state index in [4.69, 9.17) is 27.9 Å². The molecule has 2 aromatic carbocycles. The molecule has 2 rings (SSSR count). The summed E-state index contributed by atoms with van der Waals surface area (Å²) in [6.45, 7) is 4.84. The van der Waals surface area contributed by atoms with Crippen LogP contribution in [0.5, 0.6) is 5.75 Å². The fourth-order valence-electron chi connectivity index (χ4n) is 2.03. The first kappa shape index (κ1) is 16.7. The van der Waals surface area contributed by atoms with Gasteiger partial charge in [0.1, 0.15) is 12.4 Å². The first-order valence-electron chi connectivity index (χ1n) is 6.90. The highest BCUT2D eigenvalue weighted by atomic mass is 35.5. The predicted molar refractivity (Wildman–Crippen MR) is 90.2 cm³/mol. The van der Waals surface area contributed by atoms with Gasteiger partial charge in [0, 0.05) is 5.56 Å². The Balaban J connectivity index is 1.83. The van der Waals surface area contributed by atoms with Crippen LogP contribution in [0.1, 0.15) is 21.5 Å². The molecule has 0 unspecified atom stereocenters. The van der Waals surface area contributed by atoms with Crippen molar-refractivity contribution in [3.05, 3.63) is 63.1 Å². The minimum absolute atomic E-state index is 0.206. The van der Waals surface area contributed by atoms with Crippen molar-refractivity contribution in [2.24, 2.45) is 0 Å². The summed E-state index contributed by atoms with van der Waals surface area (Å²) in [5, 5.41) is 3.57. The number of benzene rings is 2. The van der Waals surface area contributed by atoms with Crippen LogP contribution in [0.4, 0.5) is 0 Å². The third kappa shape index (κ3) is 4.39. The standard InChI is InChI=1S/C17H17Cl2NO2/c1-11-3-6-16(12(2)9-11)22-8-7-20-17(21)13-4-5-14(18)15(19)10-13/h3-6,9-10H,7-8H2,1-2H3,(H,20,21). The lowest BCUT2D eigenvalue weighted by atomic mass is 10.1. The van der Waals surface area contributed by atoms with Gasteiger partial charge in [0.2, 0.25) is 0 Å². The second-order valence-electron chi connectivity index (χ2n) is 5.00. The summed E-state index contributed by atoms with van der Waals surface area (Å²) in [4.78, 5) is 12.0. The minimum Gasteiger partial charge on any atom is -0.491 e. The lowest BCUT2D eigenvalue weighted by Gasteiger charge is -2.10. The number of aryl methyl sites for hydroxylation is 2. The molecule has 22 heavy (non-hydrogen) atoms. The monoisotopic (exact) mass is 337 g/mol. The van der Waals surface area contributed by atoms with Gasteiger partial charge in [-0.1, -0.05) is 40.9 Å². The maximum absolute atomic E-state index is 12.0. The van der Waals surface area contributed by atoms with E-state index in [2.05, 4.69) is 11.4 Å². The average molecular weight is 338 g/mol. The van der Waals surface area contributed by atoms with Crippen molar-refractivity contribution in [1.29, 1.82) is 0 Å². The Labute approximate surface area is 140 Å². The molecule has 0 aromatic heterocycles. The number of nitrogens with one attached hydrogen (secondary N) is 1. The fraction of sp³-hybridized carbons (Fsp3) is 0.235. The van der Waals surface area contributed by atoms with Gasteiger partial charge in [0.25, 0.3) is 5.91 Å². The first-order chi connectivity index (χ1) is 10.5. The van der Waals surface area contributed by atoms with Crippen LogP contribution in [0, 0.1) is 13.8 Å². The second kappa shape index (κ2) is 7.52. The van der Waals surface area contributed by atoms with E-state index in [9.17, 15) is 4.79 Å². The zero-order chi connectivity index (χ0) is 16.1. The average Bonchev–Trinajstić information content (AvgIpc) is 2.48. The second-order valence-corrected chi connectivity index (χ2v) is 5.82. The summed E-state index contributed by atoms with van der Waals surface area (Å²) < 4.78 is 5.66. The number of halogens is 2. The smallest absolute Gasteiger partial charge is 0.251 e. The molecule has 2 aromatic rings. The van der Waals surface area contributed by atoms with Crippen LogP contribution >= 0.6 is 23.2 Å². The highest BCUT2D eigenvalue weighted by Crippen LogP contribution is 2.22. The van der Waals surface area contributed by atoms with E-state index in [0.29, 0.717) is 28.8 Å². The molecule has 0 atom stereocenters. The third-order valence-electron chi connectivity index (χ3n) is 3.16. The fourth-order valence-corrected chi connectivity index (χ4v) is 2.32. The van der Waals surface area contributed by atoms with Gasteiger partial charge in [0.15, 0.2) is 0 Å². The third-order valence-corrected chi connectivity index (χ3v) is 3.90. The summed E-state index contributed by atoms with van der Waals surface area (Å²) >= 11 is 11.7. The topological polar surface area (TPSA) is 38.3 Å². The molecule has 0 aliphatic carbocycles. The number of hydrogen-bond acceptors (Lipinski definition) is 2. The van der Waals surface area contributed by atoms with E-state index in [-0.39, 0.29) is 5.91 Å². The molecule has 3 nitrogen and oxygen atoms in total. The van der Waals surface area contributed by atoms with Crippen LogP contribution in [0.15, 0.2) is 36.4 Å². The molecule has 0 heterocycles. The Kier molecular flexibility index (Phi) is 5.69. The Bertz CT molecular complexity index is 686. The zero-order valence-corrected chi connectivity index (χ0v) is 14.0. The molecule has 1 amide bonds. The van der Waals surface area contributed by atoms with E-state index >= 15 is 0 Å². The van der Waals surface area contributed by atoms with Gasteiger partial charge in [-0.3, -0.25) is 4.79 Å². The van der Waals surface area contributed by atoms with Gasteiger partial charge in [-0.25, -0.2) is 0 Å². The molecule has 0 spiro atoms. The number of carbonyl (C=O) groups excluding carboxylic acids is 1. The number of hydrogen-bond donors (Lipinski definition) is 1. The highest BCUT2D eigenvalue weighted by Gasteiger charge is 2.07. The van der Waals surface area contributed by atoms with Crippen molar-refractivity contribution in [2.45, 2.75) is 13.8 Å². The summed E-state index contributed by atoms with van der Waals surface area (Å²) in [5.74, 6) is 0.622. The molecular weight excluding hydrogens is 321 g/mol. The van der Waals surface area contributed by atoms with Crippen LogP contribution in [0.3, 0.4) is 0 Å². The molecule has 5 heteroatoms. The van der Waals surface area contributed by atoms with Crippen LogP contribution in [0.25, 0.3) is 0 Å². The number of ether oxygens (including phenoxy) is 1. The van der Waals surface area contributed by atoms with Crippen molar-refractivity contribution in [3.63, 3.8) is 0 Å². The summed E-state index contributed by atoms with van der Waals surface area (Å²) in [6, 6.07) is 10.8. The van der Waals surface area contributed by atoms with Crippen molar-refractivity contribution in [1.82, 2.24) is 5.32 Å². The minimum atomic E-state index is -0.206. The van der Waals surface area contributed by atoms with Gasteiger partial charge in [-0.2, -0.15) is 0 Å².